The van der Waals surface area contributed by atoms with Crippen molar-refractivity contribution in [3.8, 4) is 0 Å². The van der Waals surface area contributed by atoms with Crippen molar-refractivity contribution in [2.45, 2.75) is 38.7 Å². The molecule has 4 aromatic rings. The fraction of sp³-hybridized carbons (Fsp3) is 0.300. The molecule has 0 saturated carbocycles. The minimum atomic E-state index is 0.235. The highest BCUT2D eigenvalue weighted by molar-refractivity contribution is 7.19. The summed E-state index contributed by atoms with van der Waals surface area (Å²) < 4.78 is 1.76. The Labute approximate surface area is 160 Å². The molecular formula is C20H19N5OS. The first-order valence-corrected chi connectivity index (χ1v) is 10.0. The maximum absolute atomic E-state index is 5.39. The van der Waals surface area contributed by atoms with E-state index in [2.05, 4.69) is 15.2 Å². The van der Waals surface area contributed by atoms with Crippen molar-refractivity contribution in [2.24, 2.45) is 5.16 Å². The Bertz CT molecular complexity index is 1120. The minimum Gasteiger partial charge on any atom is -0.387 e. The smallest absolute Gasteiger partial charge is 0.192 e. The van der Waals surface area contributed by atoms with Crippen LogP contribution in [-0.2, 0) is 24.3 Å². The second-order valence-electron chi connectivity index (χ2n) is 6.70. The predicted octanol–water partition coefficient (Wildman–Crippen LogP) is 4.16. The van der Waals surface area contributed by atoms with E-state index in [0.717, 1.165) is 28.9 Å². The summed E-state index contributed by atoms with van der Waals surface area (Å²) in [7, 11) is 0. The van der Waals surface area contributed by atoms with Crippen LogP contribution in [0.25, 0.3) is 15.9 Å². The summed E-state index contributed by atoms with van der Waals surface area (Å²) in [5, 5.41) is 9.69. The van der Waals surface area contributed by atoms with Crippen LogP contribution in [0.3, 0.4) is 0 Å². The molecule has 0 fully saturated rings. The number of hydrogen-bond acceptors (Lipinski definition) is 6. The fourth-order valence-electron chi connectivity index (χ4n) is 3.57. The molecule has 0 unspecified atom stereocenters. The minimum absolute atomic E-state index is 0.235. The lowest BCUT2D eigenvalue weighted by Crippen LogP contribution is -1.93. The summed E-state index contributed by atoms with van der Waals surface area (Å²) in [4.78, 5) is 17.2. The zero-order chi connectivity index (χ0) is 18.1. The normalized spacial score (nSPS) is 14.7. The van der Waals surface area contributed by atoms with E-state index < -0.39 is 0 Å². The van der Waals surface area contributed by atoms with Gasteiger partial charge in [-0.1, -0.05) is 41.9 Å². The molecule has 0 radical (unpaired) electrons. The Morgan fingerprint density at radius 1 is 1.15 bits per heavy atom. The third-order valence-electron chi connectivity index (χ3n) is 4.86. The highest BCUT2D eigenvalue weighted by Crippen LogP contribution is 2.36. The van der Waals surface area contributed by atoms with Crippen LogP contribution in [0, 0.1) is 0 Å². The zero-order valence-corrected chi connectivity index (χ0v) is 15.7. The summed E-state index contributed by atoms with van der Waals surface area (Å²) in [6, 6.07) is 9.85. The van der Waals surface area contributed by atoms with Gasteiger partial charge in [0.2, 0.25) is 0 Å². The quantitative estimate of drug-likeness (QED) is 0.304. The molecule has 0 aliphatic heterocycles. The van der Waals surface area contributed by atoms with Gasteiger partial charge in [0.05, 0.1) is 11.6 Å². The highest BCUT2D eigenvalue weighted by Gasteiger charge is 2.19. The molecule has 0 bridgehead atoms. The number of thiophene rings is 1. The van der Waals surface area contributed by atoms with Crippen LogP contribution in [-0.4, -0.2) is 25.8 Å². The summed E-state index contributed by atoms with van der Waals surface area (Å²) >= 11 is 1.81. The Balaban J connectivity index is 1.42. The first kappa shape index (κ1) is 16.4. The van der Waals surface area contributed by atoms with Crippen molar-refractivity contribution in [3.63, 3.8) is 0 Å². The molecule has 0 amide bonds. The molecule has 7 heteroatoms. The van der Waals surface area contributed by atoms with Crippen LogP contribution in [0.15, 0.2) is 41.8 Å². The Morgan fingerprint density at radius 3 is 2.96 bits per heavy atom. The Hall–Kier alpha value is -2.80. The van der Waals surface area contributed by atoms with Crippen LogP contribution >= 0.6 is 11.3 Å². The number of rotatable bonds is 4. The number of hydrogen-bond donors (Lipinski definition) is 0. The van der Waals surface area contributed by atoms with E-state index in [0.29, 0.717) is 5.82 Å². The van der Waals surface area contributed by atoms with E-state index in [1.807, 2.05) is 41.7 Å². The Morgan fingerprint density at radius 2 is 2.04 bits per heavy atom. The third-order valence-corrected chi connectivity index (χ3v) is 6.06. The van der Waals surface area contributed by atoms with Gasteiger partial charge in [-0.2, -0.15) is 0 Å². The van der Waals surface area contributed by atoms with Gasteiger partial charge < -0.3 is 4.84 Å². The molecule has 0 N–H and O–H groups in total. The van der Waals surface area contributed by atoms with Crippen LogP contribution in [0.4, 0.5) is 0 Å². The standard InChI is InChI=1S/C20H19N5OS/c1-3-7-14(8-4-1)11-22-26-12-17-23-19-18-15-9-5-2-6-10-16(15)27-20(18)21-13-25(19)24-17/h1,3-4,7-8,11,13H,2,5-6,9-10,12H2. The molecule has 1 aliphatic carbocycles. The first-order valence-electron chi connectivity index (χ1n) is 9.23. The number of fused-ring (bicyclic) bond motifs is 5. The second kappa shape index (κ2) is 7.08. The zero-order valence-electron chi connectivity index (χ0n) is 14.8. The summed E-state index contributed by atoms with van der Waals surface area (Å²) in [6.45, 7) is 0.235. The monoisotopic (exact) mass is 377 g/mol. The lowest BCUT2D eigenvalue weighted by Gasteiger charge is -1.98. The summed E-state index contributed by atoms with van der Waals surface area (Å²) in [5.74, 6) is 0.614. The number of oxime groups is 1. The van der Waals surface area contributed by atoms with Crippen molar-refractivity contribution in [1.29, 1.82) is 0 Å². The summed E-state index contributed by atoms with van der Waals surface area (Å²) in [5.41, 5.74) is 3.30. The third kappa shape index (κ3) is 3.19. The Kier molecular flexibility index (Phi) is 4.29. The van der Waals surface area contributed by atoms with E-state index in [4.69, 9.17) is 9.82 Å². The van der Waals surface area contributed by atoms with Gasteiger partial charge in [0.15, 0.2) is 18.1 Å². The predicted molar refractivity (Wildman–Crippen MR) is 106 cm³/mol. The molecule has 3 aromatic heterocycles. The van der Waals surface area contributed by atoms with Crippen LogP contribution in [0.2, 0.25) is 0 Å². The summed E-state index contributed by atoms with van der Waals surface area (Å²) in [6.07, 6.45) is 9.49. The molecule has 0 atom stereocenters. The van der Waals surface area contributed by atoms with E-state index >= 15 is 0 Å². The first-order chi connectivity index (χ1) is 13.4. The lowest BCUT2D eigenvalue weighted by atomic mass is 10.1. The molecule has 0 saturated heterocycles. The average Bonchev–Trinajstić information content (AvgIpc) is 3.19. The number of nitrogens with zero attached hydrogens (tertiary/aromatic N) is 5. The van der Waals surface area contributed by atoms with E-state index in [1.165, 1.54) is 35.1 Å². The van der Waals surface area contributed by atoms with E-state index in [1.54, 1.807) is 17.1 Å². The molecule has 3 heterocycles. The molecule has 1 aliphatic rings. The topological polar surface area (TPSA) is 64.7 Å². The SMILES string of the molecule is C(=NOCc1nc2c3c4c(sc3ncn2n1)CCCCC4)c1ccccc1. The maximum Gasteiger partial charge on any atom is 0.192 e. The van der Waals surface area contributed by atoms with Gasteiger partial charge in [-0.15, -0.1) is 16.4 Å². The van der Waals surface area contributed by atoms with Gasteiger partial charge in [-0.25, -0.2) is 14.5 Å². The second-order valence-corrected chi connectivity index (χ2v) is 7.79. The van der Waals surface area contributed by atoms with Gasteiger partial charge in [-0.3, -0.25) is 0 Å². The molecule has 0 spiro atoms. The highest BCUT2D eigenvalue weighted by atomic mass is 32.1. The molecular weight excluding hydrogens is 358 g/mol. The number of aryl methyl sites for hydroxylation is 2. The van der Waals surface area contributed by atoms with Crippen molar-refractivity contribution >= 4 is 33.4 Å². The molecule has 5 rings (SSSR count). The largest absolute Gasteiger partial charge is 0.387 e. The molecule has 27 heavy (non-hydrogen) atoms. The van der Waals surface area contributed by atoms with Crippen molar-refractivity contribution in [3.05, 3.63) is 58.5 Å². The van der Waals surface area contributed by atoms with Gasteiger partial charge in [-0.05, 0) is 36.8 Å². The van der Waals surface area contributed by atoms with Gasteiger partial charge in [0.1, 0.15) is 11.2 Å². The molecule has 6 nitrogen and oxygen atoms in total. The lowest BCUT2D eigenvalue weighted by molar-refractivity contribution is 0.126. The van der Waals surface area contributed by atoms with E-state index in [-0.39, 0.29) is 6.61 Å². The average molecular weight is 377 g/mol. The van der Waals surface area contributed by atoms with E-state index in [9.17, 15) is 0 Å². The van der Waals surface area contributed by atoms with Gasteiger partial charge in [0.25, 0.3) is 0 Å². The van der Waals surface area contributed by atoms with Crippen LogP contribution in [0.1, 0.15) is 41.1 Å². The van der Waals surface area contributed by atoms with Crippen molar-refractivity contribution in [1.82, 2.24) is 19.6 Å². The van der Waals surface area contributed by atoms with Crippen LogP contribution in [0.5, 0.6) is 0 Å². The number of aromatic nitrogens is 4. The van der Waals surface area contributed by atoms with Crippen LogP contribution < -0.4 is 0 Å². The van der Waals surface area contributed by atoms with Gasteiger partial charge in [0, 0.05) is 4.88 Å². The number of benzene rings is 1. The molecule has 136 valence electrons. The fourth-order valence-corrected chi connectivity index (χ4v) is 4.79. The van der Waals surface area contributed by atoms with Gasteiger partial charge >= 0.3 is 0 Å². The van der Waals surface area contributed by atoms with Crippen molar-refractivity contribution < 1.29 is 4.84 Å². The molecule has 1 aromatic carbocycles. The maximum atomic E-state index is 5.39. The van der Waals surface area contributed by atoms with Crippen molar-refractivity contribution in [2.75, 3.05) is 0 Å².